The highest BCUT2D eigenvalue weighted by Crippen LogP contribution is 2.24. The van der Waals surface area contributed by atoms with Crippen LogP contribution in [0.25, 0.3) is 0 Å². The minimum absolute atomic E-state index is 0.390. The third kappa shape index (κ3) is 4.44. The highest BCUT2D eigenvalue weighted by atomic mass is 16.5. The molecule has 0 saturated carbocycles. The fraction of sp³-hybridized carbons (Fsp3) is 0.667. The summed E-state index contributed by atoms with van der Waals surface area (Å²) in [6.07, 6.45) is 5.03. The Bertz CT molecular complexity index is 534. The van der Waals surface area contributed by atoms with Gasteiger partial charge in [-0.25, -0.2) is 4.98 Å². The second kappa shape index (κ2) is 7.77. The molecule has 0 bridgehead atoms. The number of amidine groups is 1. The van der Waals surface area contributed by atoms with Gasteiger partial charge in [0.15, 0.2) is 0 Å². The lowest BCUT2D eigenvalue weighted by atomic mass is 9.93. The summed E-state index contributed by atoms with van der Waals surface area (Å²) in [5.74, 6) is 2.96. The Hall–Kier alpha value is -1.62. The molecule has 2 fully saturated rings. The zero-order chi connectivity index (χ0) is 16.1. The van der Waals surface area contributed by atoms with E-state index in [1.54, 1.807) is 0 Å². The van der Waals surface area contributed by atoms with Crippen LogP contribution >= 0.6 is 0 Å². The summed E-state index contributed by atoms with van der Waals surface area (Å²) in [6.45, 7) is 6.04. The number of nitrogens with one attached hydrogen (secondary N) is 1. The molecule has 2 aliphatic heterocycles. The van der Waals surface area contributed by atoms with Crippen LogP contribution in [0.4, 0.5) is 5.82 Å². The second-order valence-corrected chi connectivity index (χ2v) is 6.60. The molecule has 1 N–H and O–H groups in total. The standard InChI is InChI=1S/C18H28N4O/c1-14-4-3-5-18(21-14)22-9-6-15(7-10-22)12-17(19-2)20-13-16-8-11-23-16/h3-5,15-16H,6-13H2,1-2H3,(H,19,20)/t16-/m0/s1. The van der Waals surface area contributed by atoms with Crippen molar-refractivity contribution in [1.29, 1.82) is 0 Å². The lowest BCUT2D eigenvalue weighted by Crippen LogP contribution is -2.41. The first-order valence-corrected chi connectivity index (χ1v) is 8.74. The third-order valence-corrected chi connectivity index (χ3v) is 4.89. The molecule has 3 rings (SSSR count). The van der Waals surface area contributed by atoms with Gasteiger partial charge in [0, 0.05) is 45.4 Å². The van der Waals surface area contributed by atoms with Crippen LogP contribution in [0, 0.1) is 12.8 Å². The van der Waals surface area contributed by atoms with E-state index in [9.17, 15) is 0 Å². The Morgan fingerprint density at radius 2 is 2.13 bits per heavy atom. The number of aliphatic imine (C=N–C) groups is 1. The van der Waals surface area contributed by atoms with Crippen molar-refractivity contribution < 1.29 is 4.74 Å². The van der Waals surface area contributed by atoms with Gasteiger partial charge in [-0.3, -0.25) is 4.99 Å². The molecule has 0 unspecified atom stereocenters. The molecule has 126 valence electrons. The van der Waals surface area contributed by atoms with Gasteiger partial charge in [0.1, 0.15) is 5.82 Å². The monoisotopic (exact) mass is 316 g/mol. The SMILES string of the molecule is CN=C(CC1CCN(c2cccc(C)n2)CC1)NC[C@@H]1CCO1. The van der Waals surface area contributed by atoms with E-state index in [0.717, 1.165) is 50.0 Å². The molecular formula is C18H28N4O. The average molecular weight is 316 g/mol. The fourth-order valence-corrected chi connectivity index (χ4v) is 3.26. The molecule has 5 heteroatoms. The van der Waals surface area contributed by atoms with E-state index >= 15 is 0 Å². The minimum atomic E-state index is 0.390. The van der Waals surface area contributed by atoms with Gasteiger partial charge in [-0.05, 0) is 44.2 Å². The number of aryl methyl sites for hydroxylation is 1. The van der Waals surface area contributed by atoms with Gasteiger partial charge >= 0.3 is 0 Å². The molecule has 1 aromatic rings. The summed E-state index contributed by atoms with van der Waals surface area (Å²) >= 11 is 0. The van der Waals surface area contributed by atoms with Crippen LogP contribution in [-0.4, -0.2) is 50.2 Å². The van der Waals surface area contributed by atoms with E-state index in [2.05, 4.69) is 45.3 Å². The predicted molar refractivity (Wildman–Crippen MR) is 94.2 cm³/mol. The van der Waals surface area contributed by atoms with Gasteiger partial charge in [0.25, 0.3) is 0 Å². The summed E-state index contributed by atoms with van der Waals surface area (Å²) in [5, 5.41) is 3.47. The number of hydrogen-bond acceptors (Lipinski definition) is 4. The van der Waals surface area contributed by atoms with Gasteiger partial charge in [0.2, 0.25) is 0 Å². The number of ether oxygens (including phenoxy) is 1. The molecule has 1 aromatic heterocycles. The maximum Gasteiger partial charge on any atom is 0.128 e. The number of anilines is 1. The molecule has 5 nitrogen and oxygen atoms in total. The number of pyridine rings is 1. The average Bonchev–Trinajstić information content (AvgIpc) is 2.53. The molecule has 2 saturated heterocycles. The first-order valence-electron chi connectivity index (χ1n) is 8.74. The van der Waals surface area contributed by atoms with Crippen molar-refractivity contribution >= 4 is 11.7 Å². The van der Waals surface area contributed by atoms with Crippen molar-refractivity contribution in [3.05, 3.63) is 23.9 Å². The number of piperidine rings is 1. The van der Waals surface area contributed by atoms with Gasteiger partial charge in [0.05, 0.1) is 11.9 Å². The summed E-state index contributed by atoms with van der Waals surface area (Å²) in [5.41, 5.74) is 1.09. The first kappa shape index (κ1) is 16.2. The smallest absolute Gasteiger partial charge is 0.128 e. The molecule has 3 heterocycles. The van der Waals surface area contributed by atoms with Crippen molar-refractivity contribution in [2.45, 2.75) is 38.7 Å². The van der Waals surface area contributed by atoms with Crippen LogP contribution in [0.3, 0.4) is 0 Å². The summed E-state index contributed by atoms with van der Waals surface area (Å²) < 4.78 is 5.46. The first-order chi connectivity index (χ1) is 11.2. The molecule has 0 aromatic carbocycles. The quantitative estimate of drug-likeness (QED) is 0.669. The maximum atomic E-state index is 5.46. The summed E-state index contributed by atoms with van der Waals surface area (Å²) in [6, 6.07) is 6.27. The predicted octanol–water partition coefficient (Wildman–Crippen LogP) is 2.40. The molecule has 0 aliphatic carbocycles. The third-order valence-electron chi connectivity index (χ3n) is 4.89. The highest BCUT2D eigenvalue weighted by molar-refractivity contribution is 5.82. The highest BCUT2D eigenvalue weighted by Gasteiger charge is 2.23. The van der Waals surface area contributed by atoms with E-state index in [-0.39, 0.29) is 0 Å². The van der Waals surface area contributed by atoms with E-state index in [4.69, 9.17) is 4.74 Å². The van der Waals surface area contributed by atoms with Gasteiger partial charge < -0.3 is 15.0 Å². The van der Waals surface area contributed by atoms with Crippen molar-refractivity contribution in [3.8, 4) is 0 Å². The maximum absolute atomic E-state index is 5.46. The molecule has 2 aliphatic rings. The van der Waals surface area contributed by atoms with Crippen molar-refractivity contribution in [3.63, 3.8) is 0 Å². The number of rotatable bonds is 5. The number of nitrogens with zero attached hydrogens (tertiary/aromatic N) is 3. The van der Waals surface area contributed by atoms with E-state index in [1.165, 1.54) is 19.3 Å². The van der Waals surface area contributed by atoms with Crippen molar-refractivity contribution in [2.24, 2.45) is 10.9 Å². The lowest BCUT2D eigenvalue weighted by molar-refractivity contribution is -0.0460. The van der Waals surface area contributed by atoms with Gasteiger partial charge in [-0.2, -0.15) is 0 Å². The van der Waals surface area contributed by atoms with Crippen LogP contribution in [0.15, 0.2) is 23.2 Å². The summed E-state index contributed by atoms with van der Waals surface area (Å²) in [4.78, 5) is 11.5. The molecule has 0 radical (unpaired) electrons. The van der Waals surface area contributed by atoms with Crippen LogP contribution < -0.4 is 10.2 Å². The number of aromatic nitrogens is 1. The Morgan fingerprint density at radius 1 is 1.35 bits per heavy atom. The minimum Gasteiger partial charge on any atom is -0.376 e. The van der Waals surface area contributed by atoms with Crippen LogP contribution in [0.5, 0.6) is 0 Å². The van der Waals surface area contributed by atoms with E-state index in [0.29, 0.717) is 12.0 Å². The number of hydrogen-bond donors (Lipinski definition) is 1. The van der Waals surface area contributed by atoms with Gasteiger partial charge in [-0.15, -0.1) is 0 Å². The molecule has 23 heavy (non-hydrogen) atoms. The van der Waals surface area contributed by atoms with Crippen LogP contribution in [0.1, 0.15) is 31.4 Å². The lowest BCUT2D eigenvalue weighted by Gasteiger charge is -2.33. The molecular weight excluding hydrogens is 288 g/mol. The Kier molecular flexibility index (Phi) is 5.49. The Labute approximate surface area is 139 Å². The Balaban J connectivity index is 1.44. The van der Waals surface area contributed by atoms with Crippen molar-refractivity contribution in [1.82, 2.24) is 10.3 Å². The van der Waals surface area contributed by atoms with E-state index < -0.39 is 0 Å². The van der Waals surface area contributed by atoms with E-state index in [1.807, 2.05) is 7.05 Å². The van der Waals surface area contributed by atoms with Crippen LogP contribution in [0.2, 0.25) is 0 Å². The molecule has 0 spiro atoms. The fourth-order valence-electron chi connectivity index (χ4n) is 3.26. The summed E-state index contributed by atoms with van der Waals surface area (Å²) in [7, 11) is 1.88. The zero-order valence-electron chi connectivity index (χ0n) is 14.3. The molecule has 0 amide bonds. The van der Waals surface area contributed by atoms with Crippen LogP contribution in [-0.2, 0) is 4.74 Å². The van der Waals surface area contributed by atoms with Crippen molar-refractivity contribution in [2.75, 3.05) is 38.2 Å². The zero-order valence-corrected chi connectivity index (χ0v) is 14.3. The molecule has 1 atom stereocenters. The normalized spacial score (nSPS) is 22.8. The topological polar surface area (TPSA) is 49.8 Å². The van der Waals surface area contributed by atoms with Gasteiger partial charge in [-0.1, -0.05) is 6.07 Å². The Morgan fingerprint density at radius 3 is 2.74 bits per heavy atom. The second-order valence-electron chi connectivity index (χ2n) is 6.60. The largest absolute Gasteiger partial charge is 0.376 e.